The van der Waals surface area contributed by atoms with E-state index in [0.29, 0.717) is 18.5 Å². The molecule has 0 aliphatic heterocycles. The van der Waals surface area contributed by atoms with Gasteiger partial charge in [-0.05, 0) is 31.9 Å². The van der Waals surface area contributed by atoms with Crippen molar-refractivity contribution in [2.24, 2.45) is 0 Å². The lowest BCUT2D eigenvalue weighted by molar-refractivity contribution is -0.384. The fraction of sp³-hybridized carbons (Fsp3) is 0.500. The van der Waals surface area contributed by atoms with Crippen molar-refractivity contribution < 1.29 is 14.8 Å². The number of nitro benzene ring substituents is 1. The first-order chi connectivity index (χ1) is 9.86. The molecule has 1 unspecified atom stereocenters. The van der Waals surface area contributed by atoms with E-state index in [4.69, 9.17) is 5.11 Å². The Kier molecular flexibility index (Phi) is 5.66. The molecule has 0 heterocycles. The predicted molar refractivity (Wildman–Crippen MR) is 80.5 cm³/mol. The van der Waals surface area contributed by atoms with E-state index < -0.39 is 10.5 Å². The minimum atomic E-state index is -0.524. The maximum Gasteiger partial charge on any atom is 0.293 e. The smallest absolute Gasteiger partial charge is 0.293 e. The Morgan fingerprint density at radius 1 is 1.48 bits per heavy atom. The van der Waals surface area contributed by atoms with E-state index >= 15 is 0 Å². The quantitative estimate of drug-likeness (QED) is 0.526. The molecule has 0 saturated carbocycles. The Bertz CT molecular complexity index is 533. The lowest BCUT2D eigenvalue weighted by Gasteiger charge is -2.30. The van der Waals surface area contributed by atoms with Gasteiger partial charge in [-0.1, -0.05) is 6.92 Å². The molecule has 1 atom stereocenters. The summed E-state index contributed by atoms with van der Waals surface area (Å²) in [6.45, 7) is 3.81. The number of nitro groups is 1. The summed E-state index contributed by atoms with van der Waals surface area (Å²) in [7, 11) is 1.47. The second-order valence-electron chi connectivity index (χ2n) is 5.08. The molecule has 0 aliphatic carbocycles. The van der Waals surface area contributed by atoms with Crippen molar-refractivity contribution in [3.8, 4) is 0 Å². The summed E-state index contributed by atoms with van der Waals surface area (Å²) in [5.74, 6) is -0.377. The Morgan fingerprint density at radius 3 is 2.62 bits per heavy atom. The van der Waals surface area contributed by atoms with E-state index in [-0.39, 0.29) is 23.8 Å². The van der Waals surface area contributed by atoms with Gasteiger partial charge in [0.1, 0.15) is 5.69 Å². The molecule has 1 rings (SSSR count). The van der Waals surface area contributed by atoms with Gasteiger partial charge in [0.25, 0.3) is 11.6 Å². The highest BCUT2D eigenvalue weighted by Crippen LogP contribution is 2.30. The van der Waals surface area contributed by atoms with Crippen LogP contribution in [0.1, 0.15) is 37.0 Å². The first-order valence-corrected chi connectivity index (χ1v) is 6.76. The molecule has 116 valence electrons. The molecule has 0 aromatic heterocycles. The number of aliphatic hydroxyl groups excluding tert-OH is 1. The van der Waals surface area contributed by atoms with Crippen LogP contribution in [0.2, 0.25) is 0 Å². The number of carbonyl (C=O) groups excluding carboxylic acids is 1. The zero-order chi connectivity index (χ0) is 16.0. The predicted octanol–water partition coefficient (Wildman–Crippen LogP) is 1.92. The van der Waals surface area contributed by atoms with Crippen molar-refractivity contribution in [1.82, 2.24) is 5.32 Å². The average molecular weight is 295 g/mol. The molecule has 0 radical (unpaired) electrons. The molecule has 0 fully saturated rings. The van der Waals surface area contributed by atoms with E-state index in [1.54, 1.807) is 0 Å². The minimum absolute atomic E-state index is 0.0124. The highest BCUT2D eigenvalue weighted by molar-refractivity contribution is 5.95. The third kappa shape index (κ3) is 4.16. The highest BCUT2D eigenvalue weighted by atomic mass is 16.6. The first-order valence-electron chi connectivity index (χ1n) is 6.76. The topological polar surface area (TPSA) is 104 Å². The van der Waals surface area contributed by atoms with Crippen molar-refractivity contribution in [2.45, 2.75) is 32.2 Å². The van der Waals surface area contributed by atoms with Gasteiger partial charge in [-0.25, -0.2) is 0 Å². The molecule has 1 aromatic carbocycles. The zero-order valence-electron chi connectivity index (χ0n) is 12.5. The van der Waals surface area contributed by atoms with Gasteiger partial charge in [0.2, 0.25) is 0 Å². The summed E-state index contributed by atoms with van der Waals surface area (Å²) in [6, 6.07) is 4.30. The number of hydrogen-bond acceptors (Lipinski definition) is 5. The fourth-order valence-corrected chi connectivity index (χ4v) is 1.97. The Balaban J connectivity index is 3.18. The molecule has 7 nitrogen and oxygen atoms in total. The number of hydrogen-bond donors (Lipinski definition) is 3. The van der Waals surface area contributed by atoms with Crippen LogP contribution in [0.3, 0.4) is 0 Å². The van der Waals surface area contributed by atoms with Gasteiger partial charge in [0, 0.05) is 30.8 Å². The van der Waals surface area contributed by atoms with Crippen molar-refractivity contribution >= 4 is 17.3 Å². The number of benzene rings is 1. The van der Waals surface area contributed by atoms with Gasteiger partial charge >= 0.3 is 0 Å². The fourth-order valence-electron chi connectivity index (χ4n) is 1.97. The van der Waals surface area contributed by atoms with Gasteiger partial charge in [-0.15, -0.1) is 0 Å². The molecule has 3 N–H and O–H groups in total. The summed E-state index contributed by atoms with van der Waals surface area (Å²) in [5.41, 5.74) is -0.0390. The maximum atomic E-state index is 11.6. The van der Waals surface area contributed by atoms with Crippen LogP contribution >= 0.6 is 0 Å². The van der Waals surface area contributed by atoms with Crippen molar-refractivity contribution in [3.63, 3.8) is 0 Å². The van der Waals surface area contributed by atoms with Crippen LogP contribution in [0.15, 0.2) is 18.2 Å². The minimum Gasteiger partial charge on any atom is -0.396 e. The molecule has 0 aliphatic rings. The number of nitrogens with zero attached hydrogens (tertiary/aromatic N) is 1. The van der Waals surface area contributed by atoms with E-state index in [2.05, 4.69) is 10.6 Å². The van der Waals surface area contributed by atoms with Gasteiger partial charge < -0.3 is 15.7 Å². The van der Waals surface area contributed by atoms with Crippen LogP contribution in [-0.2, 0) is 0 Å². The SMILES string of the molecule is CCC(C)(CCO)Nc1ccc(C(=O)NC)cc1[N+](=O)[O-]. The molecule has 7 heteroatoms. The molecule has 1 aromatic rings. The summed E-state index contributed by atoms with van der Waals surface area (Å²) in [5, 5.41) is 25.9. The van der Waals surface area contributed by atoms with E-state index in [1.165, 1.54) is 25.2 Å². The lowest BCUT2D eigenvalue weighted by Crippen LogP contribution is -2.35. The Morgan fingerprint density at radius 2 is 2.14 bits per heavy atom. The number of aliphatic hydroxyl groups is 1. The zero-order valence-corrected chi connectivity index (χ0v) is 12.5. The molecule has 0 spiro atoms. The average Bonchev–Trinajstić information content (AvgIpc) is 2.46. The largest absolute Gasteiger partial charge is 0.396 e. The molecule has 0 saturated heterocycles. The summed E-state index contributed by atoms with van der Waals surface area (Å²) < 4.78 is 0. The van der Waals surface area contributed by atoms with Crippen LogP contribution in [0.25, 0.3) is 0 Å². The standard InChI is InChI=1S/C14H21N3O4/c1-4-14(2,7-8-18)16-11-6-5-10(13(19)15-3)9-12(11)17(20)21/h5-6,9,16,18H,4,7-8H2,1-3H3,(H,15,19). The van der Waals surface area contributed by atoms with Crippen LogP contribution < -0.4 is 10.6 Å². The summed E-state index contributed by atoms with van der Waals surface area (Å²) >= 11 is 0. The number of rotatable bonds is 7. The van der Waals surface area contributed by atoms with Crippen LogP contribution in [-0.4, -0.2) is 35.1 Å². The first kappa shape index (κ1) is 16.9. The van der Waals surface area contributed by atoms with Gasteiger partial charge in [0.05, 0.1) is 4.92 Å². The van der Waals surface area contributed by atoms with Crippen molar-refractivity contribution in [2.75, 3.05) is 19.0 Å². The number of carbonyl (C=O) groups is 1. The van der Waals surface area contributed by atoms with Gasteiger partial charge in [-0.2, -0.15) is 0 Å². The second kappa shape index (κ2) is 7.03. The lowest BCUT2D eigenvalue weighted by atomic mass is 9.94. The van der Waals surface area contributed by atoms with E-state index in [9.17, 15) is 14.9 Å². The third-order valence-electron chi connectivity index (χ3n) is 3.56. The normalized spacial score (nSPS) is 13.3. The third-order valence-corrected chi connectivity index (χ3v) is 3.56. The van der Waals surface area contributed by atoms with Crippen molar-refractivity contribution in [1.29, 1.82) is 0 Å². The van der Waals surface area contributed by atoms with E-state index in [1.807, 2.05) is 13.8 Å². The number of anilines is 1. The Labute approximate surface area is 123 Å². The molecular weight excluding hydrogens is 274 g/mol. The monoisotopic (exact) mass is 295 g/mol. The van der Waals surface area contributed by atoms with Gasteiger partial charge in [-0.3, -0.25) is 14.9 Å². The van der Waals surface area contributed by atoms with Crippen LogP contribution in [0.5, 0.6) is 0 Å². The molecular formula is C14H21N3O4. The molecule has 1 amide bonds. The van der Waals surface area contributed by atoms with E-state index in [0.717, 1.165) is 0 Å². The second-order valence-corrected chi connectivity index (χ2v) is 5.08. The van der Waals surface area contributed by atoms with Crippen LogP contribution in [0, 0.1) is 10.1 Å². The maximum absolute atomic E-state index is 11.6. The van der Waals surface area contributed by atoms with Gasteiger partial charge in [0.15, 0.2) is 0 Å². The van der Waals surface area contributed by atoms with Crippen molar-refractivity contribution in [3.05, 3.63) is 33.9 Å². The molecule has 0 bridgehead atoms. The number of nitrogens with one attached hydrogen (secondary N) is 2. The Hall–Kier alpha value is -2.15. The highest BCUT2D eigenvalue weighted by Gasteiger charge is 2.25. The van der Waals surface area contributed by atoms with Crippen LogP contribution in [0.4, 0.5) is 11.4 Å². The number of amides is 1. The molecule has 21 heavy (non-hydrogen) atoms. The summed E-state index contributed by atoms with van der Waals surface area (Å²) in [4.78, 5) is 22.2. The summed E-state index contributed by atoms with van der Waals surface area (Å²) in [6.07, 6.45) is 1.17.